The van der Waals surface area contributed by atoms with Gasteiger partial charge >= 0.3 is 6.03 Å². The van der Waals surface area contributed by atoms with Gasteiger partial charge in [0.05, 0.1) is 12.1 Å². The SMILES string of the molecule is CN(CC(C)(C)O)C(=O)NC1CC1C1CCCCC1. The molecule has 0 aromatic heterocycles. The Morgan fingerprint density at radius 2 is 1.95 bits per heavy atom. The molecule has 2 atom stereocenters. The van der Waals surface area contributed by atoms with Crippen LogP contribution >= 0.6 is 0 Å². The number of amides is 2. The standard InChI is InChI=1S/C15H28N2O2/c1-15(2,19)10-17(3)14(18)16-13-9-12(13)11-7-5-4-6-8-11/h11-13,19H,4-10H2,1-3H3,(H,16,18). The molecular formula is C15H28N2O2. The third kappa shape index (κ3) is 4.37. The summed E-state index contributed by atoms with van der Waals surface area (Å²) in [6.45, 7) is 3.80. The number of nitrogens with zero attached hydrogens (tertiary/aromatic N) is 1. The minimum absolute atomic E-state index is 0.0505. The third-order valence-electron chi connectivity index (χ3n) is 4.37. The Hall–Kier alpha value is -0.770. The van der Waals surface area contributed by atoms with Crippen molar-refractivity contribution in [1.82, 2.24) is 10.2 Å². The van der Waals surface area contributed by atoms with Crippen LogP contribution in [-0.2, 0) is 0 Å². The molecular weight excluding hydrogens is 240 g/mol. The van der Waals surface area contributed by atoms with Gasteiger partial charge in [0.1, 0.15) is 0 Å². The molecule has 2 amide bonds. The Labute approximate surface area is 116 Å². The first-order valence-corrected chi connectivity index (χ1v) is 7.61. The molecule has 110 valence electrons. The van der Waals surface area contributed by atoms with E-state index in [1.165, 1.54) is 32.1 Å². The third-order valence-corrected chi connectivity index (χ3v) is 4.37. The van der Waals surface area contributed by atoms with Crippen LogP contribution in [0, 0.1) is 11.8 Å². The van der Waals surface area contributed by atoms with Crippen molar-refractivity contribution in [3.63, 3.8) is 0 Å². The van der Waals surface area contributed by atoms with Crippen molar-refractivity contribution in [1.29, 1.82) is 0 Å². The predicted octanol–water partition coefficient (Wildman–Crippen LogP) is 2.37. The van der Waals surface area contributed by atoms with Crippen molar-refractivity contribution in [2.24, 2.45) is 11.8 Å². The molecule has 2 aliphatic rings. The second kappa shape index (κ2) is 5.70. The summed E-state index contributed by atoms with van der Waals surface area (Å²) in [4.78, 5) is 13.6. The lowest BCUT2D eigenvalue weighted by Crippen LogP contribution is -2.45. The van der Waals surface area contributed by atoms with E-state index < -0.39 is 5.60 Å². The largest absolute Gasteiger partial charge is 0.389 e. The fourth-order valence-electron chi connectivity index (χ4n) is 3.38. The van der Waals surface area contributed by atoms with Crippen molar-refractivity contribution in [2.45, 2.75) is 64.0 Å². The van der Waals surface area contributed by atoms with Gasteiger partial charge in [0.25, 0.3) is 0 Å². The molecule has 2 rings (SSSR count). The molecule has 0 radical (unpaired) electrons. The van der Waals surface area contributed by atoms with E-state index in [0.717, 1.165) is 12.3 Å². The predicted molar refractivity (Wildman–Crippen MR) is 75.9 cm³/mol. The molecule has 0 bridgehead atoms. The van der Waals surface area contributed by atoms with E-state index in [9.17, 15) is 9.90 Å². The summed E-state index contributed by atoms with van der Waals surface area (Å²) in [7, 11) is 1.74. The number of rotatable bonds is 4. The average Bonchev–Trinajstić information content (AvgIpc) is 3.07. The maximum atomic E-state index is 12.0. The van der Waals surface area contributed by atoms with Gasteiger partial charge in [-0.2, -0.15) is 0 Å². The van der Waals surface area contributed by atoms with Gasteiger partial charge in [-0.3, -0.25) is 0 Å². The van der Waals surface area contributed by atoms with Crippen LogP contribution in [0.3, 0.4) is 0 Å². The number of carbonyl (C=O) groups is 1. The molecule has 2 N–H and O–H groups in total. The summed E-state index contributed by atoms with van der Waals surface area (Å²) in [5.41, 5.74) is -0.835. The minimum atomic E-state index is -0.835. The fourth-order valence-corrected chi connectivity index (χ4v) is 3.38. The summed E-state index contributed by atoms with van der Waals surface area (Å²) < 4.78 is 0. The Kier molecular flexibility index (Phi) is 4.39. The number of aliphatic hydroxyl groups is 1. The Bertz CT molecular complexity index is 319. The first-order valence-electron chi connectivity index (χ1n) is 7.61. The lowest BCUT2D eigenvalue weighted by molar-refractivity contribution is 0.0530. The van der Waals surface area contributed by atoms with Crippen molar-refractivity contribution >= 4 is 6.03 Å². The molecule has 2 saturated carbocycles. The molecule has 0 spiro atoms. The molecule has 19 heavy (non-hydrogen) atoms. The summed E-state index contributed by atoms with van der Waals surface area (Å²) in [5, 5.41) is 12.8. The van der Waals surface area contributed by atoms with Gasteiger partial charge in [-0.05, 0) is 32.1 Å². The molecule has 2 unspecified atom stereocenters. The van der Waals surface area contributed by atoms with Crippen LogP contribution < -0.4 is 5.32 Å². The maximum Gasteiger partial charge on any atom is 0.317 e. The first-order chi connectivity index (χ1) is 8.87. The van der Waals surface area contributed by atoms with E-state index in [1.54, 1.807) is 25.8 Å². The highest BCUT2D eigenvalue weighted by Gasteiger charge is 2.44. The quantitative estimate of drug-likeness (QED) is 0.822. The van der Waals surface area contributed by atoms with Gasteiger partial charge in [-0.25, -0.2) is 4.79 Å². The zero-order chi connectivity index (χ0) is 14.0. The van der Waals surface area contributed by atoms with Crippen molar-refractivity contribution in [3.05, 3.63) is 0 Å². The van der Waals surface area contributed by atoms with Gasteiger partial charge < -0.3 is 15.3 Å². The zero-order valence-electron chi connectivity index (χ0n) is 12.5. The fraction of sp³-hybridized carbons (Fsp3) is 0.933. The molecule has 4 heteroatoms. The van der Waals surface area contributed by atoms with Gasteiger partial charge in [-0.1, -0.05) is 32.1 Å². The molecule has 0 aromatic carbocycles. The second-order valence-electron chi connectivity index (χ2n) is 7.02. The van der Waals surface area contributed by atoms with Crippen LogP contribution in [0.1, 0.15) is 52.4 Å². The number of carbonyl (C=O) groups excluding carboxylic acids is 1. The van der Waals surface area contributed by atoms with Gasteiger partial charge in [0.15, 0.2) is 0 Å². The number of hydrogen-bond acceptors (Lipinski definition) is 2. The van der Waals surface area contributed by atoms with Crippen molar-refractivity contribution in [3.8, 4) is 0 Å². The van der Waals surface area contributed by atoms with Crippen molar-refractivity contribution in [2.75, 3.05) is 13.6 Å². The van der Waals surface area contributed by atoms with E-state index in [4.69, 9.17) is 0 Å². The summed E-state index contributed by atoms with van der Waals surface area (Å²) in [6.07, 6.45) is 7.94. The monoisotopic (exact) mass is 268 g/mol. The lowest BCUT2D eigenvalue weighted by Gasteiger charge is -2.26. The summed E-state index contributed by atoms with van der Waals surface area (Å²) in [6, 6.07) is 0.324. The summed E-state index contributed by atoms with van der Waals surface area (Å²) in [5.74, 6) is 1.54. The number of urea groups is 1. The second-order valence-corrected chi connectivity index (χ2v) is 7.02. The molecule has 0 aromatic rings. The molecule has 0 heterocycles. The number of likely N-dealkylation sites (N-methyl/N-ethyl adjacent to an activating group) is 1. The molecule has 0 saturated heterocycles. The van der Waals surface area contributed by atoms with Crippen LogP contribution in [0.25, 0.3) is 0 Å². The lowest BCUT2D eigenvalue weighted by atomic mass is 9.85. The zero-order valence-corrected chi connectivity index (χ0v) is 12.5. The van der Waals surface area contributed by atoms with E-state index in [0.29, 0.717) is 18.5 Å². The van der Waals surface area contributed by atoms with Crippen LogP contribution in [0.4, 0.5) is 4.79 Å². The summed E-state index contributed by atoms with van der Waals surface area (Å²) >= 11 is 0. The van der Waals surface area contributed by atoms with Gasteiger partial charge in [0.2, 0.25) is 0 Å². The van der Waals surface area contributed by atoms with Crippen LogP contribution in [0.5, 0.6) is 0 Å². The molecule has 0 aliphatic heterocycles. The highest BCUT2D eigenvalue weighted by Crippen LogP contribution is 2.44. The maximum absolute atomic E-state index is 12.0. The van der Waals surface area contributed by atoms with Crippen LogP contribution in [0.2, 0.25) is 0 Å². The van der Waals surface area contributed by atoms with E-state index >= 15 is 0 Å². The van der Waals surface area contributed by atoms with E-state index in [1.807, 2.05) is 0 Å². The van der Waals surface area contributed by atoms with E-state index in [2.05, 4.69) is 5.32 Å². The smallest absolute Gasteiger partial charge is 0.317 e. The minimum Gasteiger partial charge on any atom is -0.389 e. The van der Waals surface area contributed by atoms with Crippen molar-refractivity contribution < 1.29 is 9.90 Å². The Morgan fingerprint density at radius 3 is 2.53 bits per heavy atom. The van der Waals surface area contributed by atoms with Gasteiger partial charge in [0, 0.05) is 13.1 Å². The van der Waals surface area contributed by atoms with Crippen LogP contribution in [-0.4, -0.2) is 41.3 Å². The highest BCUT2D eigenvalue weighted by molar-refractivity contribution is 5.74. The van der Waals surface area contributed by atoms with Crippen LogP contribution in [0.15, 0.2) is 0 Å². The van der Waals surface area contributed by atoms with E-state index in [-0.39, 0.29) is 6.03 Å². The van der Waals surface area contributed by atoms with Gasteiger partial charge in [-0.15, -0.1) is 0 Å². The average molecular weight is 268 g/mol. The molecule has 2 fully saturated rings. The Balaban J connectivity index is 1.72. The molecule has 2 aliphatic carbocycles. The number of hydrogen-bond donors (Lipinski definition) is 2. The first kappa shape index (κ1) is 14.6. The Morgan fingerprint density at radius 1 is 1.32 bits per heavy atom. The highest BCUT2D eigenvalue weighted by atomic mass is 16.3. The normalized spacial score (nSPS) is 28.0. The number of nitrogens with one attached hydrogen (secondary N) is 1. The molecule has 4 nitrogen and oxygen atoms in total. The topological polar surface area (TPSA) is 52.6 Å².